The summed E-state index contributed by atoms with van der Waals surface area (Å²) in [6, 6.07) is 3.35. The molecule has 3 heteroatoms. The maximum Gasteiger partial charge on any atom is 0.125 e. The quantitative estimate of drug-likeness (QED) is 0.753. The molecule has 0 bridgehead atoms. The highest BCUT2D eigenvalue weighted by Gasteiger charge is 2.44. The zero-order chi connectivity index (χ0) is 10.3. The van der Waals surface area contributed by atoms with Crippen molar-refractivity contribution in [1.29, 1.82) is 0 Å². The van der Waals surface area contributed by atoms with Gasteiger partial charge < -0.3 is 14.9 Å². The molecule has 76 valence electrons. The first kappa shape index (κ1) is 9.34. The van der Waals surface area contributed by atoms with E-state index in [0.717, 1.165) is 18.4 Å². The lowest BCUT2D eigenvalue weighted by Gasteiger charge is -2.13. The molecule has 2 rings (SSSR count). The Morgan fingerprint density at radius 2 is 2.00 bits per heavy atom. The summed E-state index contributed by atoms with van der Waals surface area (Å²) in [6.45, 7) is 1.90. The molecule has 1 aromatic carbocycles. The van der Waals surface area contributed by atoms with Gasteiger partial charge in [0.15, 0.2) is 0 Å². The number of rotatable bonds is 2. The molecular weight excluding hydrogens is 180 g/mol. The zero-order valence-corrected chi connectivity index (χ0v) is 8.37. The van der Waals surface area contributed by atoms with Crippen LogP contribution in [0.5, 0.6) is 11.5 Å². The van der Waals surface area contributed by atoms with E-state index < -0.39 is 5.60 Å². The van der Waals surface area contributed by atoms with Crippen LogP contribution in [0.1, 0.15) is 24.0 Å². The van der Waals surface area contributed by atoms with Gasteiger partial charge in [-0.1, -0.05) is 0 Å². The monoisotopic (exact) mass is 194 g/mol. The molecule has 14 heavy (non-hydrogen) atoms. The van der Waals surface area contributed by atoms with E-state index in [0.29, 0.717) is 11.3 Å². The van der Waals surface area contributed by atoms with Crippen molar-refractivity contribution in [2.24, 2.45) is 0 Å². The molecular formula is C11H14O3. The van der Waals surface area contributed by atoms with Gasteiger partial charge >= 0.3 is 0 Å². The Labute approximate surface area is 83.0 Å². The summed E-state index contributed by atoms with van der Waals surface area (Å²) in [4.78, 5) is 0. The lowest BCUT2D eigenvalue weighted by atomic mass is 10.0. The average molecular weight is 194 g/mol. The third-order valence-corrected chi connectivity index (χ3v) is 2.74. The molecule has 1 fully saturated rings. The molecule has 0 atom stereocenters. The minimum atomic E-state index is -0.791. The average Bonchev–Trinajstić information content (AvgIpc) is 2.88. The van der Waals surface area contributed by atoms with Crippen molar-refractivity contribution in [3.63, 3.8) is 0 Å². The Hall–Kier alpha value is -1.22. The predicted molar refractivity (Wildman–Crippen MR) is 52.5 cm³/mol. The molecule has 1 aliphatic rings. The topological polar surface area (TPSA) is 49.7 Å². The van der Waals surface area contributed by atoms with Gasteiger partial charge in [0.1, 0.15) is 11.5 Å². The lowest BCUT2D eigenvalue weighted by molar-refractivity contribution is 0.147. The third kappa shape index (κ3) is 1.34. The summed E-state index contributed by atoms with van der Waals surface area (Å²) in [6.07, 6.45) is 1.46. The molecule has 0 radical (unpaired) electrons. The highest BCUT2D eigenvalue weighted by atomic mass is 16.5. The minimum absolute atomic E-state index is 0.118. The van der Waals surface area contributed by atoms with Gasteiger partial charge in [-0.2, -0.15) is 0 Å². The van der Waals surface area contributed by atoms with Crippen LogP contribution in [0.3, 0.4) is 0 Å². The maximum atomic E-state index is 9.87. The van der Waals surface area contributed by atoms with Gasteiger partial charge in [0.05, 0.1) is 12.7 Å². The van der Waals surface area contributed by atoms with Crippen LogP contribution >= 0.6 is 0 Å². The number of phenolic OH excluding ortho intramolecular Hbond substituents is 1. The van der Waals surface area contributed by atoms with Crippen LogP contribution < -0.4 is 4.74 Å². The van der Waals surface area contributed by atoms with Crippen molar-refractivity contribution in [1.82, 2.24) is 0 Å². The van der Waals surface area contributed by atoms with Crippen LogP contribution in [-0.2, 0) is 5.60 Å². The summed E-state index contributed by atoms with van der Waals surface area (Å²) >= 11 is 0. The zero-order valence-electron chi connectivity index (χ0n) is 8.37. The van der Waals surface area contributed by atoms with E-state index in [2.05, 4.69) is 0 Å². The van der Waals surface area contributed by atoms with Gasteiger partial charge in [0, 0.05) is 11.6 Å². The summed E-state index contributed by atoms with van der Waals surface area (Å²) in [5.41, 5.74) is 0.762. The first-order valence-corrected chi connectivity index (χ1v) is 4.67. The Balaban J connectivity index is 2.48. The molecule has 0 aliphatic heterocycles. The van der Waals surface area contributed by atoms with Crippen LogP contribution in [0.2, 0.25) is 0 Å². The second-order valence-electron chi connectivity index (χ2n) is 3.87. The summed E-state index contributed by atoms with van der Waals surface area (Å²) < 4.78 is 5.07. The first-order chi connectivity index (χ1) is 6.57. The largest absolute Gasteiger partial charge is 0.507 e. The van der Waals surface area contributed by atoms with E-state index in [1.54, 1.807) is 19.2 Å². The second kappa shape index (κ2) is 2.89. The van der Waals surface area contributed by atoms with E-state index in [1.807, 2.05) is 6.92 Å². The fourth-order valence-electron chi connectivity index (χ4n) is 1.66. The number of benzene rings is 1. The number of hydrogen-bond donors (Lipinski definition) is 2. The standard InChI is InChI=1S/C11H14O3/c1-7-5-8(11(13)3-4-11)9(12)6-10(7)14-2/h5-6,12-13H,3-4H2,1-2H3. The van der Waals surface area contributed by atoms with Crippen LogP contribution in [-0.4, -0.2) is 17.3 Å². The predicted octanol–water partition coefficient (Wildman–Crippen LogP) is 1.69. The van der Waals surface area contributed by atoms with E-state index in [9.17, 15) is 10.2 Å². The Bertz CT molecular complexity index is 367. The van der Waals surface area contributed by atoms with E-state index in [1.165, 1.54) is 0 Å². The minimum Gasteiger partial charge on any atom is -0.507 e. The molecule has 3 nitrogen and oxygen atoms in total. The normalized spacial score (nSPS) is 17.9. The van der Waals surface area contributed by atoms with Gasteiger partial charge in [-0.25, -0.2) is 0 Å². The summed E-state index contributed by atoms with van der Waals surface area (Å²) in [5, 5.41) is 19.6. The number of aryl methyl sites for hydroxylation is 1. The van der Waals surface area contributed by atoms with E-state index in [-0.39, 0.29) is 5.75 Å². The SMILES string of the molecule is COc1cc(O)c(C2(O)CC2)cc1C. The molecule has 1 saturated carbocycles. The van der Waals surface area contributed by atoms with Crippen molar-refractivity contribution >= 4 is 0 Å². The van der Waals surface area contributed by atoms with Crippen LogP contribution in [0, 0.1) is 6.92 Å². The highest BCUT2D eigenvalue weighted by molar-refractivity contribution is 5.49. The molecule has 0 amide bonds. The fraction of sp³-hybridized carbons (Fsp3) is 0.455. The third-order valence-electron chi connectivity index (χ3n) is 2.74. The molecule has 1 aliphatic carbocycles. The number of methoxy groups -OCH3 is 1. The number of aliphatic hydroxyl groups is 1. The number of phenols is 1. The van der Waals surface area contributed by atoms with Gasteiger partial charge in [0.2, 0.25) is 0 Å². The Morgan fingerprint density at radius 3 is 2.50 bits per heavy atom. The van der Waals surface area contributed by atoms with E-state index in [4.69, 9.17) is 4.74 Å². The van der Waals surface area contributed by atoms with Crippen molar-refractivity contribution in [2.45, 2.75) is 25.4 Å². The van der Waals surface area contributed by atoms with Crippen LogP contribution in [0.15, 0.2) is 12.1 Å². The van der Waals surface area contributed by atoms with Gasteiger partial charge in [-0.3, -0.25) is 0 Å². The molecule has 1 aromatic rings. The second-order valence-corrected chi connectivity index (χ2v) is 3.87. The Kier molecular flexibility index (Phi) is 1.93. The van der Waals surface area contributed by atoms with Crippen molar-refractivity contribution in [3.8, 4) is 11.5 Å². The number of hydrogen-bond acceptors (Lipinski definition) is 3. The van der Waals surface area contributed by atoms with Gasteiger partial charge in [-0.15, -0.1) is 0 Å². The van der Waals surface area contributed by atoms with Gasteiger partial charge in [-0.05, 0) is 31.4 Å². The van der Waals surface area contributed by atoms with E-state index >= 15 is 0 Å². The fourth-order valence-corrected chi connectivity index (χ4v) is 1.66. The molecule has 2 N–H and O–H groups in total. The molecule has 0 aromatic heterocycles. The molecule has 0 heterocycles. The van der Waals surface area contributed by atoms with Crippen LogP contribution in [0.25, 0.3) is 0 Å². The number of aromatic hydroxyl groups is 1. The van der Waals surface area contributed by atoms with Crippen molar-refractivity contribution < 1.29 is 14.9 Å². The number of ether oxygens (including phenoxy) is 1. The summed E-state index contributed by atoms with van der Waals surface area (Å²) in [7, 11) is 1.56. The molecule has 0 spiro atoms. The molecule has 0 saturated heterocycles. The van der Waals surface area contributed by atoms with Crippen LogP contribution in [0.4, 0.5) is 0 Å². The van der Waals surface area contributed by atoms with Gasteiger partial charge in [0.25, 0.3) is 0 Å². The summed E-state index contributed by atoms with van der Waals surface area (Å²) in [5.74, 6) is 0.767. The Morgan fingerprint density at radius 1 is 1.36 bits per heavy atom. The van der Waals surface area contributed by atoms with Crippen molar-refractivity contribution in [3.05, 3.63) is 23.3 Å². The van der Waals surface area contributed by atoms with Crippen molar-refractivity contribution in [2.75, 3.05) is 7.11 Å². The molecule has 0 unspecified atom stereocenters. The first-order valence-electron chi connectivity index (χ1n) is 4.67. The lowest BCUT2D eigenvalue weighted by Crippen LogP contribution is -2.05. The smallest absolute Gasteiger partial charge is 0.125 e. The maximum absolute atomic E-state index is 9.87. The highest BCUT2D eigenvalue weighted by Crippen LogP contribution is 2.49.